The van der Waals surface area contributed by atoms with Gasteiger partial charge < -0.3 is 5.11 Å². The first-order chi connectivity index (χ1) is 8.99. The molecule has 1 unspecified atom stereocenters. The Balaban J connectivity index is 2.69. The van der Waals surface area contributed by atoms with Crippen molar-refractivity contribution >= 4 is 22.5 Å². The second kappa shape index (κ2) is 7.92. The average Bonchev–Trinajstić information content (AvgIpc) is 2.39. The Morgan fingerprint density at radius 3 is 2.37 bits per heavy atom. The summed E-state index contributed by atoms with van der Waals surface area (Å²) in [6.45, 7) is 2.16. The number of aliphatic hydroxyl groups is 1. The van der Waals surface area contributed by atoms with Crippen LogP contribution in [0.25, 0.3) is 0 Å². The molecular weight excluding hydrogens is 280 g/mol. The van der Waals surface area contributed by atoms with Gasteiger partial charge in [0, 0.05) is 5.75 Å². The lowest BCUT2D eigenvalue weighted by Gasteiger charge is -2.09. The summed E-state index contributed by atoms with van der Waals surface area (Å²) in [4.78, 5) is 0.271. The number of benzene rings is 1. The molecule has 1 aromatic carbocycles. The van der Waals surface area contributed by atoms with Crippen LogP contribution >= 0.6 is 12.6 Å². The van der Waals surface area contributed by atoms with E-state index >= 15 is 0 Å². The van der Waals surface area contributed by atoms with Gasteiger partial charge in [-0.25, -0.2) is 8.42 Å². The third kappa shape index (κ3) is 5.55. The van der Waals surface area contributed by atoms with Crippen molar-refractivity contribution in [1.29, 1.82) is 0 Å². The number of unbranched alkanes of at least 4 members (excludes halogenated alkanes) is 2. The minimum atomic E-state index is -3.41. The van der Waals surface area contributed by atoms with Gasteiger partial charge in [-0.3, -0.25) is 0 Å². The number of aliphatic hydroxyl groups excluding tert-OH is 1. The van der Waals surface area contributed by atoms with Crippen LogP contribution in [-0.4, -0.2) is 31.1 Å². The monoisotopic (exact) mass is 302 g/mol. The van der Waals surface area contributed by atoms with Gasteiger partial charge in [0.25, 0.3) is 0 Å². The molecule has 19 heavy (non-hydrogen) atoms. The van der Waals surface area contributed by atoms with Crippen LogP contribution in [0.4, 0.5) is 0 Å². The molecule has 0 saturated heterocycles. The SMILES string of the molecule is CCCCCc1ccc(S(=O)(=O)CC(O)CS)cc1. The van der Waals surface area contributed by atoms with Crippen molar-refractivity contribution in [2.24, 2.45) is 0 Å². The normalized spacial score (nSPS) is 13.4. The molecule has 0 radical (unpaired) electrons. The number of sulfone groups is 1. The average molecular weight is 302 g/mol. The van der Waals surface area contributed by atoms with Gasteiger partial charge in [-0.2, -0.15) is 12.6 Å². The van der Waals surface area contributed by atoms with E-state index in [9.17, 15) is 13.5 Å². The highest BCUT2D eigenvalue weighted by molar-refractivity contribution is 7.91. The summed E-state index contributed by atoms with van der Waals surface area (Å²) < 4.78 is 24.0. The van der Waals surface area contributed by atoms with Crippen LogP contribution in [0.1, 0.15) is 31.7 Å². The van der Waals surface area contributed by atoms with Gasteiger partial charge in [-0.15, -0.1) is 0 Å². The quantitative estimate of drug-likeness (QED) is 0.573. The molecule has 0 aliphatic rings. The maximum Gasteiger partial charge on any atom is 0.180 e. The Morgan fingerprint density at radius 2 is 1.84 bits per heavy atom. The van der Waals surface area contributed by atoms with E-state index in [0.29, 0.717) is 0 Å². The van der Waals surface area contributed by atoms with Gasteiger partial charge in [0.05, 0.1) is 16.8 Å². The van der Waals surface area contributed by atoms with Gasteiger partial charge in [0.15, 0.2) is 9.84 Å². The molecule has 0 spiro atoms. The van der Waals surface area contributed by atoms with Crippen molar-refractivity contribution in [3.05, 3.63) is 29.8 Å². The first-order valence-corrected chi connectivity index (χ1v) is 8.88. The van der Waals surface area contributed by atoms with E-state index in [4.69, 9.17) is 0 Å². The first kappa shape index (κ1) is 16.5. The third-order valence-electron chi connectivity index (χ3n) is 2.97. The predicted molar refractivity (Wildman–Crippen MR) is 81.6 cm³/mol. The number of hydrogen-bond acceptors (Lipinski definition) is 4. The largest absolute Gasteiger partial charge is 0.391 e. The lowest BCUT2D eigenvalue weighted by Crippen LogP contribution is -2.22. The summed E-state index contributed by atoms with van der Waals surface area (Å²) in [6.07, 6.45) is 3.55. The summed E-state index contributed by atoms with van der Waals surface area (Å²) in [6, 6.07) is 6.97. The van der Waals surface area contributed by atoms with Crippen molar-refractivity contribution < 1.29 is 13.5 Å². The maximum atomic E-state index is 12.0. The van der Waals surface area contributed by atoms with Crippen LogP contribution in [0, 0.1) is 0 Å². The highest BCUT2D eigenvalue weighted by atomic mass is 32.2. The molecular formula is C14H22O3S2. The Morgan fingerprint density at radius 1 is 1.21 bits per heavy atom. The van der Waals surface area contributed by atoms with Crippen molar-refractivity contribution in [2.45, 2.75) is 43.6 Å². The Kier molecular flexibility index (Phi) is 6.89. The predicted octanol–water partition coefficient (Wildman–Crippen LogP) is 2.48. The maximum absolute atomic E-state index is 12.0. The summed E-state index contributed by atoms with van der Waals surface area (Å²) in [5.74, 6) is -0.125. The second-order valence-corrected chi connectivity index (χ2v) is 7.12. The molecule has 5 heteroatoms. The molecule has 1 aromatic rings. The topological polar surface area (TPSA) is 54.4 Å². The summed E-state index contributed by atoms with van der Waals surface area (Å²) >= 11 is 3.89. The van der Waals surface area contributed by atoms with E-state index in [0.717, 1.165) is 18.4 Å². The van der Waals surface area contributed by atoms with E-state index in [1.807, 2.05) is 12.1 Å². The van der Waals surface area contributed by atoms with Gasteiger partial charge in [-0.05, 0) is 30.5 Å². The minimum absolute atomic E-state index is 0.147. The molecule has 0 aromatic heterocycles. The standard InChI is InChI=1S/C14H22O3S2/c1-2-3-4-5-12-6-8-14(9-7-12)19(16,17)11-13(15)10-18/h6-9,13,15,18H,2-5,10-11H2,1H3. The van der Waals surface area contributed by atoms with E-state index in [1.165, 1.54) is 12.8 Å². The zero-order valence-electron chi connectivity index (χ0n) is 11.2. The van der Waals surface area contributed by atoms with Crippen LogP contribution in [0.5, 0.6) is 0 Å². The van der Waals surface area contributed by atoms with E-state index in [2.05, 4.69) is 19.6 Å². The van der Waals surface area contributed by atoms with Gasteiger partial charge in [0.2, 0.25) is 0 Å². The van der Waals surface area contributed by atoms with Gasteiger partial charge >= 0.3 is 0 Å². The van der Waals surface area contributed by atoms with Gasteiger partial charge in [0.1, 0.15) is 0 Å². The molecule has 0 heterocycles. The highest BCUT2D eigenvalue weighted by Gasteiger charge is 2.18. The first-order valence-electron chi connectivity index (χ1n) is 6.60. The Labute approximate surface area is 121 Å². The molecule has 0 amide bonds. The Bertz CT molecular complexity index is 466. The third-order valence-corrected chi connectivity index (χ3v) is 5.21. The smallest absolute Gasteiger partial charge is 0.180 e. The lowest BCUT2D eigenvalue weighted by molar-refractivity contribution is 0.223. The van der Waals surface area contributed by atoms with Crippen LogP contribution in [0.15, 0.2) is 29.2 Å². The number of thiol groups is 1. The fourth-order valence-corrected chi connectivity index (χ4v) is 3.52. The molecule has 0 bridgehead atoms. The zero-order valence-corrected chi connectivity index (χ0v) is 13.0. The molecule has 3 nitrogen and oxygen atoms in total. The molecule has 108 valence electrons. The minimum Gasteiger partial charge on any atom is -0.391 e. The van der Waals surface area contributed by atoms with Crippen LogP contribution < -0.4 is 0 Å². The molecule has 0 saturated carbocycles. The number of rotatable bonds is 8. The molecule has 1 N–H and O–H groups in total. The molecule has 1 atom stereocenters. The van der Waals surface area contributed by atoms with Crippen LogP contribution in [0.2, 0.25) is 0 Å². The van der Waals surface area contributed by atoms with Crippen LogP contribution in [0.3, 0.4) is 0 Å². The van der Waals surface area contributed by atoms with E-state index < -0.39 is 15.9 Å². The molecule has 0 fully saturated rings. The van der Waals surface area contributed by atoms with Gasteiger partial charge in [-0.1, -0.05) is 31.9 Å². The summed E-state index contributed by atoms with van der Waals surface area (Å²) in [7, 11) is -3.41. The molecule has 1 rings (SSSR count). The van der Waals surface area contributed by atoms with Crippen molar-refractivity contribution in [3.63, 3.8) is 0 Å². The van der Waals surface area contributed by atoms with Crippen molar-refractivity contribution in [3.8, 4) is 0 Å². The van der Waals surface area contributed by atoms with E-state index in [-0.39, 0.29) is 16.4 Å². The number of hydrogen-bond donors (Lipinski definition) is 2. The van der Waals surface area contributed by atoms with Crippen LogP contribution in [-0.2, 0) is 16.3 Å². The Hall–Kier alpha value is -0.520. The second-order valence-electron chi connectivity index (χ2n) is 4.72. The molecule has 0 aliphatic heterocycles. The number of aryl methyl sites for hydroxylation is 1. The van der Waals surface area contributed by atoms with Crippen molar-refractivity contribution in [2.75, 3.05) is 11.5 Å². The summed E-state index contributed by atoms with van der Waals surface area (Å²) in [5.41, 5.74) is 1.15. The molecule has 0 aliphatic carbocycles. The van der Waals surface area contributed by atoms with Crippen molar-refractivity contribution in [1.82, 2.24) is 0 Å². The van der Waals surface area contributed by atoms with E-state index in [1.54, 1.807) is 12.1 Å². The lowest BCUT2D eigenvalue weighted by atomic mass is 10.1. The fraction of sp³-hybridized carbons (Fsp3) is 0.571. The fourth-order valence-electron chi connectivity index (χ4n) is 1.84. The zero-order chi connectivity index (χ0) is 14.3. The highest BCUT2D eigenvalue weighted by Crippen LogP contribution is 2.15. The summed E-state index contributed by atoms with van der Waals surface area (Å²) in [5, 5.41) is 9.40.